The SMILES string of the molecule is FC1=C(Br)[CH]CC=C1Oc1ccc(F)cc1. The van der Waals surface area contributed by atoms with Gasteiger partial charge in [-0.2, -0.15) is 0 Å². The van der Waals surface area contributed by atoms with E-state index >= 15 is 0 Å². The predicted octanol–water partition coefficient (Wildman–Crippen LogP) is 4.27. The van der Waals surface area contributed by atoms with E-state index in [4.69, 9.17) is 4.74 Å². The maximum Gasteiger partial charge on any atom is 0.175 e. The van der Waals surface area contributed by atoms with Crippen molar-refractivity contribution in [2.24, 2.45) is 0 Å². The number of benzene rings is 1. The van der Waals surface area contributed by atoms with E-state index in [1.165, 1.54) is 24.3 Å². The molecular weight excluding hydrogens is 278 g/mol. The van der Waals surface area contributed by atoms with Crippen LogP contribution >= 0.6 is 15.9 Å². The Bertz CT molecular complexity index is 449. The smallest absolute Gasteiger partial charge is 0.175 e. The van der Waals surface area contributed by atoms with Crippen LogP contribution in [0.5, 0.6) is 5.75 Å². The highest BCUT2D eigenvalue weighted by Gasteiger charge is 2.16. The zero-order valence-electron chi connectivity index (χ0n) is 8.21. The first-order valence-corrected chi connectivity index (χ1v) is 5.48. The van der Waals surface area contributed by atoms with Gasteiger partial charge in [0.1, 0.15) is 11.6 Å². The maximum absolute atomic E-state index is 13.5. The Morgan fingerprint density at radius 3 is 2.50 bits per heavy atom. The van der Waals surface area contributed by atoms with Crippen molar-refractivity contribution in [1.82, 2.24) is 0 Å². The summed E-state index contributed by atoms with van der Waals surface area (Å²) in [5.74, 6) is -0.239. The van der Waals surface area contributed by atoms with Gasteiger partial charge in [0.25, 0.3) is 0 Å². The fourth-order valence-corrected chi connectivity index (χ4v) is 1.66. The van der Waals surface area contributed by atoms with Gasteiger partial charge in [0, 0.05) is 10.9 Å². The minimum atomic E-state index is -0.449. The molecule has 1 nitrogen and oxygen atoms in total. The quantitative estimate of drug-likeness (QED) is 0.788. The lowest BCUT2D eigenvalue weighted by molar-refractivity contribution is 0.397. The molecule has 0 heterocycles. The van der Waals surface area contributed by atoms with Crippen LogP contribution in [0.1, 0.15) is 6.42 Å². The van der Waals surface area contributed by atoms with Crippen molar-refractivity contribution in [2.75, 3.05) is 0 Å². The Morgan fingerprint density at radius 1 is 1.12 bits per heavy atom. The minimum absolute atomic E-state index is 0.154. The van der Waals surface area contributed by atoms with E-state index in [2.05, 4.69) is 15.9 Å². The molecule has 1 aliphatic carbocycles. The summed E-state index contributed by atoms with van der Waals surface area (Å²) in [5.41, 5.74) is 0. The fraction of sp³-hybridized carbons (Fsp3) is 0.0833. The molecule has 1 aromatic carbocycles. The van der Waals surface area contributed by atoms with E-state index in [-0.39, 0.29) is 11.6 Å². The van der Waals surface area contributed by atoms with Crippen LogP contribution in [0, 0.1) is 12.2 Å². The van der Waals surface area contributed by atoms with Crippen molar-refractivity contribution in [2.45, 2.75) is 6.42 Å². The standard InChI is InChI=1S/C12H8BrF2O/c13-10-2-1-3-11(12(10)15)16-9-6-4-8(14)5-7-9/h2-7H,1H2. The molecule has 0 saturated carbocycles. The van der Waals surface area contributed by atoms with Crippen LogP contribution in [0.2, 0.25) is 0 Å². The van der Waals surface area contributed by atoms with E-state index in [9.17, 15) is 8.78 Å². The van der Waals surface area contributed by atoms with Crippen LogP contribution in [-0.2, 0) is 0 Å². The fourth-order valence-electron chi connectivity index (χ4n) is 1.28. The molecule has 2 rings (SSSR count). The number of hydrogen-bond donors (Lipinski definition) is 0. The molecule has 0 atom stereocenters. The second kappa shape index (κ2) is 4.78. The van der Waals surface area contributed by atoms with E-state index < -0.39 is 5.83 Å². The lowest BCUT2D eigenvalue weighted by atomic mass is 10.1. The van der Waals surface area contributed by atoms with Gasteiger partial charge in [0.05, 0.1) is 0 Å². The largest absolute Gasteiger partial charge is 0.455 e. The Kier molecular flexibility index (Phi) is 3.39. The summed E-state index contributed by atoms with van der Waals surface area (Å²) in [6.07, 6.45) is 3.93. The molecule has 0 unspecified atom stereocenters. The molecular formula is C12H8BrF2O. The molecule has 0 amide bonds. The second-order valence-electron chi connectivity index (χ2n) is 3.23. The van der Waals surface area contributed by atoms with Gasteiger partial charge < -0.3 is 4.74 Å². The summed E-state index contributed by atoms with van der Waals surface area (Å²) in [4.78, 5) is 0. The van der Waals surface area contributed by atoms with Gasteiger partial charge >= 0.3 is 0 Å². The highest BCUT2D eigenvalue weighted by atomic mass is 79.9. The van der Waals surface area contributed by atoms with E-state index in [1.54, 1.807) is 12.5 Å². The van der Waals surface area contributed by atoms with Gasteiger partial charge in [-0.25, -0.2) is 8.78 Å². The van der Waals surface area contributed by atoms with Crippen molar-refractivity contribution < 1.29 is 13.5 Å². The molecule has 4 heteroatoms. The van der Waals surface area contributed by atoms with E-state index in [1.807, 2.05) is 0 Å². The van der Waals surface area contributed by atoms with Gasteiger partial charge in [-0.1, -0.05) is 15.9 Å². The first-order chi connectivity index (χ1) is 7.66. The Labute approximate surface area is 101 Å². The molecule has 0 aliphatic heterocycles. The summed E-state index contributed by atoms with van der Waals surface area (Å²) in [6.45, 7) is 0. The first-order valence-electron chi connectivity index (χ1n) is 4.69. The van der Waals surface area contributed by atoms with Crippen molar-refractivity contribution >= 4 is 15.9 Å². The van der Waals surface area contributed by atoms with Crippen molar-refractivity contribution in [3.63, 3.8) is 0 Å². The number of halogens is 3. The monoisotopic (exact) mass is 285 g/mol. The maximum atomic E-state index is 13.5. The van der Waals surface area contributed by atoms with Gasteiger partial charge in [-0.05, 0) is 36.8 Å². The summed E-state index contributed by atoms with van der Waals surface area (Å²) >= 11 is 3.09. The molecule has 16 heavy (non-hydrogen) atoms. The van der Waals surface area contributed by atoms with Crippen molar-refractivity contribution in [1.29, 1.82) is 0 Å². The summed E-state index contributed by atoms with van der Waals surface area (Å²) in [7, 11) is 0. The third-order valence-corrected chi connectivity index (χ3v) is 2.74. The lowest BCUT2D eigenvalue weighted by Gasteiger charge is -2.13. The topological polar surface area (TPSA) is 9.23 Å². The summed E-state index contributed by atoms with van der Waals surface area (Å²) < 4.78 is 31.9. The van der Waals surface area contributed by atoms with Gasteiger partial charge in [-0.3, -0.25) is 0 Å². The molecule has 83 valence electrons. The molecule has 0 fully saturated rings. The van der Waals surface area contributed by atoms with Crippen LogP contribution in [0.3, 0.4) is 0 Å². The van der Waals surface area contributed by atoms with Crippen LogP contribution in [0.25, 0.3) is 0 Å². The van der Waals surface area contributed by atoms with E-state index in [0.29, 0.717) is 16.7 Å². The molecule has 0 spiro atoms. The third-order valence-electron chi connectivity index (χ3n) is 2.07. The predicted molar refractivity (Wildman–Crippen MR) is 61.1 cm³/mol. The Hall–Kier alpha value is -1.16. The van der Waals surface area contributed by atoms with Crippen molar-refractivity contribution in [3.8, 4) is 5.75 Å². The average molecular weight is 286 g/mol. The van der Waals surface area contributed by atoms with Crippen LogP contribution < -0.4 is 4.74 Å². The summed E-state index contributed by atoms with van der Waals surface area (Å²) in [5, 5.41) is 0. The number of allylic oxidation sites excluding steroid dienone is 3. The molecule has 0 saturated heterocycles. The molecule has 1 aliphatic rings. The van der Waals surface area contributed by atoms with Crippen molar-refractivity contribution in [3.05, 3.63) is 58.6 Å². The van der Waals surface area contributed by atoms with E-state index in [0.717, 1.165) is 0 Å². The zero-order chi connectivity index (χ0) is 11.5. The molecule has 1 radical (unpaired) electrons. The molecule has 0 bridgehead atoms. The van der Waals surface area contributed by atoms with Crippen LogP contribution in [0.15, 0.2) is 46.4 Å². The van der Waals surface area contributed by atoms with Gasteiger partial charge in [-0.15, -0.1) is 0 Å². The summed E-state index contributed by atoms with van der Waals surface area (Å²) in [6, 6.07) is 5.44. The highest BCUT2D eigenvalue weighted by molar-refractivity contribution is 9.11. The zero-order valence-corrected chi connectivity index (χ0v) is 9.80. The lowest BCUT2D eigenvalue weighted by Crippen LogP contribution is -2.02. The normalized spacial score (nSPS) is 16.1. The van der Waals surface area contributed by atoms with Crippen LogP contribution in [0.4, 0.5) is 8.78 Å². The molecule has 1 aromatic rings. The molecule has 0 aromatic heterocycles. The molecule has 0 N–H and O–H groups in total. The second-order valence-corrected chi connectivity index (χ2v) is 4.08. The van der Waals surface area contributed by atoms with Crippen LogP contribution in [-0.4, -0.2) is 0 Å². The number of hydrogen-bond acceptors (Lipinski definition) is 1. The minimum Gasteiger partial charge on any atom is -0.455 e. The third kappa shape index (κ3) is 2.50. The van der Waals surface area contributed by atoms with Gasteiger partial charge in [0.15, 0.2) is 11.6 Å². The highest BCUT2D eigenvalue weighted by Crippen LogP contribution is 2.31. The number of ether oxygens (including phenoxy) is 1. The average Bonchev–Trinajstić information content (AvgIpc) is 2.28. The Morgan fingerprint density at radius 2 is 1.81 bits per heavy atom. The Balaban J connectivity index is 2.16. The number of rotatable bonds is 2. The first kappa shape index (κ1) is 11.3. The van der Waals surface area contributed by atoms with Gasteiger partial charge in [0.2, 0.25) is 0 Å².